The number of anilines is 2. The molecule has 0 atom stereocenters. The van der Waals surface area contributed by atoms with E-state index in [2.05, 4.69) is 15.6 Å². The number of nitrogens with zero attached hydrogens (tertiary/aromatic N) is 1. The Labute approximate surface area is 166 Å². The van der Waals surface area contributed by atoms with Crippen molar-refractivity contribution in [2.24, 2.45) is 0 Å². The highest BCUT2D eigenvalue weighted by molar-refractivity contribution is 6.38. The second-order valence-electron chi connectivity index (χ2n) is 5.78. The van der Waals surface area contributed by atoms with Crippen LogP contribution in [0.25, 0.3) is 0 Å². The van der Waals surface area contributed by atoms with E-state index < -0.39 is 11.8 Å². The Morgan fingerprint density at radius 3 is 2.44 bits per heavy atom. The molecule has 7 heteroatoms. The lowest BCUT2D eigenvalue weighted by Gasteiger charge is -2.14. The molecular weight excluding hydrogens is 385 g/mol. The van der Waals surface area contributed by atoms with Crippen molar-refractivity contribution < 1.29 is 9.59 Å². The van der Waals surface area contributed by atoms with Gasteiger partial charge >= 0.3 is 0 Å². The monoisotopic (exact) mass is 399 g/mol. The van der Waals surface area contributed by atoms with Crippen molar-refractivity contribution in [1.29, 1.82) is 0 Å². The third-order valence-corrected chi connectivity index (χ3v) is 4.37. The molecule has 0 aliphatic carbocycles. The van der Waals surface area contributed by atoms with Gasteiger partial charge in [0.1, 0.15) is 0 Å². The summed E-state index contributed by atoms with van der Waals surface area (Å²) in [5.41, 5.74) is 2.24. The van der Waals surface area contributed by atoms with Crippen molar-refractivity contribution in [2.45, 2.75) is 6.92 Å². The maximum absolute atomic E-state index is 12.8. The molecule has 0 bridgehead atoms. The van der Waals surface area contributed by atoms with Gasteiger partial charge < -0.3 is 10.6 Å². The first-order valence-corrected chi connectivity index (χ1v) is 8.78. The van der Waals surface area contributed by atoms with E-state index in [1.165, 1.54) is 18.3 Å². The summed E-state index contributed by atoms with van der Waals surface area (Å²) in [6.45, 7) is 1.88. The molecule has 1 aromatic heterocycles. The summed E-state index contributed by atoms with van der Waals surface area (Å²) >= 11 is 12.3. The number of pyridine rings is 1. The molecule has 0 aliphatic heterocycles. The molecule has 0 saturated carbocycles. The van der Waals surface area contributed by atoms with Crippen LogP contribution in [0.3, 0.4) is 0 Å². The van der Waals surface area contributed by atoms with E-state index in [0.29, 0.717) is 11.3 Å². The lowest BCUT2D eigenvalue weighted by atomic mass is 10.1. The van der Waals surface area contributed by atoms with Crippen LogP contribution in [0.4, 0.5) is 11.4 Å². The maximum Gasteiger partial charge on any atom is 0.257 e. The van der Waals surface area contributed by atoms with E-state index in [0.717, 1.165) is 5.56 Å². The van der Waals surface area contributed by atoms with Crippen molar-refractivity contribution in [1.82, 2.24) is 4.98 Å². The molecule has 2 N–H and O–H groups in total. The van der Waals surface area contributed by atoms with Crippen molar-refractivity contribution in [3.63, 3.8) is 0 Å². The van der Waals surface area contributed by atoms with Gasteiger partial charge in [-0.1, -0.05) is 41.4 Å². The van der Waals surface area contributed by atoms with Crippen LogP contribution in [0.2, 0.25) is 10.0 Å². The molecule has 136 valence electrons. The number of hydrogen-bond acceptors (Lipinski definition) is 3. The fourth-order valence-corrected chi connectivity index (χ4v) is 3.01. The lowest BCUT2D eigenvalue weighted by molar-refractivity contribution is 0.102. The van der Waals surface area contributed by atoms with Gasteiger partial charge in [0.25, 0.3) is 11.8 Å². The smallest absolute Gasteiger partial charge is 0.257 e. The summed E-state index contributed by atoms with van der Waals surface area (Å²) in [5, 5.41) is 5.94. The van der Waals surface area contributed by atoms with Crippen molar-refractivity contribution in [3.8, 4) is 0 Å². The van der Waals surface area contributed by atoms with E-state index in [1.54, 1.807) is 24.4 Å². The van der Waals surface area contributed by atoms with E-state index in [9.17, 15) is 9.59 Å². The van der Waals surface area contributed by atoms with E-state index in [1.807, 2.05) is 25.1 Å². The number of rotatable bonds is 4. The normalized spacial score (nSPS) is 10.3. The molecule has 1 heterocycles. The molecule has 27 heavy (non-hydrogen) atoms. The third-order valence-electron chi connectivity index (χ3n) is 3.86. The number of para-hydroxylation sites is 1. The average molecular weight is 400 g/mol. The van der Waals surface area contributed by atoms with Crippen LogP contribution in [0.15, 0.2) is 60.9 Å². The third kappa shape index (κ3) is 4.45. The molecule has 0 spiro atoms. The highest BCUT2D eigenvalue weighted by atomic mass is 35.5. The lowest BCUT2D eigenvalue weighted by Crippen LogP contribution is -2.19. The number of aromatic nitrogens is 1. The average Bonchev–Trinajstić information content (AvgIpc) is 2.66. The van der Waals surface area contributed by atoms with E-state index in [4.69, 9.17) is 23.2 Å². The van der Waals surface area contributed by atoms with Crippen LogP contribution >= 0.6 is 23.2 Å². The van der Waals surface area contributed by atoms with Gasteiger partial charge in [0.05, 0.1) is 21.8 Å². The minimum atomic E-state index is -0.435. The van der Waals surface area contributed by atoms with E-state index in [-0.39, 0.29) is 21.3 Å². The van der Waals surface area contributed by atoms with Gasteiger partial charge in [-0.3, -0.25) is 14.6 Å². The number of nitrogens with one attached hydrogen (secondary N) is 2. The van der Waals surface area contributed by atoms with Crippen molar-refractivity contribution >= 4 is 46.4 Å². The molecule has 3 rings (SSSR count). The number of aryl methyl sites for hydroxylation is 1. The molecule has 2 amide bonds. The first kappa shape index (κ1) is 18.9. The first-order valence-electron chi connectivity index (χ1n) is 8.03. The summed E-state index contributed by atoms with van der Waals surface area (Å²) in [6, 6.07) is 13.5. The second kappa shape index (κ2) is 8.20. The molecule has 2 aromatic carbocycles. The summed E-state index contributed by atoms with van der Waals surface area (Å²) in [6.07, 6.45) is 2.99. The highest BCUT2D eigenvalue weighted by Gasteiger charge is 2.19. The predicted molar refractivity (Wildman–Crippen MR) is 108 cm³/mol. The highest BCUT2D eigenvalue weighted by Crippen LogP contribution is 2.31. The number of halogens is 2. The van der Waals surface area contributed by atoms with Crippen LogP contribution in [-0.2, 0) is 0 Å². The standard InChI is InChI=1S/C20H15Cl2N3O2/c1-12-5-2-3-7-17(12)24-20(27)15-9-14(21)10-16(22)18(15)25-19(26)13-6-4-8-23-11-13/h2-11H,1H3,(H,24,27)(H,25,26). The van der Waals surface area contributed by atoms with Gasteiger partial charge in [0.15, 0.2) is 0 Å². The molecule has 5 nitrogen and oxygen atoms in total. The second-order valence-corrected chi connectivity index (χ2v) is 6.62. The summed E-state index contributed by atoms with van der Waals surface area (Å²) < 4.78 is 0. The van der Waals surface area contributed by atoms with E-state index >= 15 is 0 Å². The molecule has 0 unspecified atom stereocenters. The maximum atomic E-state index is 12.8. The van der Waals surface area contributed by atoms with Crippen molar-refractivity contribution in [3.05, 3.63) is 87.7 Å². The van der Waals surface area contributed by atoms with Gasteiger partial charge in [0.2, 0.25) is 0 Å². The Bertz CT molecular complexity index is 1010. The minimum Gasteiger partial charge on any atom is -0.322 e. The SMILES string of the molecule is Cc1ccccc1NC(=O)c1cc(Cl)cc(Cl)c1NC(=O)c1cccnc1. The number of carbonyl (C=O) groups excluding carboxylic acids is 2. The first-order chi connectivity index (χ1) is 13.0. The summed E-state index contributed by atoms with van der Waals surface area (Å²) in [4.78, 5) is 29.2. The van der Waals surface area contributed by atoms with Gasteiger partial charge in [-0.25, -0.2) is 0 Å². The Kier molecular flexibility index (Phi) is 5.74. The van der Waals surface area contributed by atoms with Gasteiger partial charge in [-0.15, -0.1) is 0 Å². The van der Waals surface area contributed by atoms with Crippen LogP contribution in [-0.4, -0.2) is 16.8 Å². The number of benzene rings is 2. The number of carbonyl (C=O) groups is 2. The Balaban J connectivity index is 1.94. The summed E-state index contributed by atoms with van der Waals surface area (Å²) in [7, 11) is 0. The van der Waals surface area contributed by atoms with Gasteiger partial charge in [-0.05, 0) is 42.8 Å². The van der Waals surface area contributed by atoms with Crippen LogP contribution in [0.1, 0.15) is 26.3 Å². The minimum absolute atomic E-state index is 0.160. The summed E-state index contributed by atoms with van der Waals surface area (Å²) in [5.74, 6) is -0.868. The Morgan fingerprint density at radius 2 is 1.74 bits per heavy atom. The molecule has 0 fully saturated rings. The molecular formula is C20H15Cl2N3O2. The Morgan fingerprint density at radius 1 is 0.963 bits per heavy atom. The molecule has 0 saturated heterocycles. The topological polar surface area (TPSA) is 71.1 Å². The van der Waals surface area contributed by atoms with Crippen molar-refractivity contribution in [2.75, 3.05) is 10.6 Å². The quantitative estimate of drug-likeness (QED) is 0.632. The largest absolute Gasteiger partial charge is 0.322 e. The zero-order chi connectivity index (χ0) is 19.4. The fourth-order valence-electron chi connectivity index (χ4n) is 2.47. The number of hydrogen-bond donors (Lipinski definition) is 2. The number of amides is 2. The fraction of sp³-hybridized carbons (Fsp3) is 0.0500. The predicted octanol–water partition coefficient (Wildman–Crippen LogP) is 5.20. The zero-order valence-electron chi connectivity index (χ0n) is 14.3. The van der Waals surface area contributed by atoms with Crippen LogP contribution in [0.5, 0.6) is 0 Å². The zero-order valence-corrected chi connectivity index (χ0v) is 15.8. The molecule has 0 radical (unpaired) electrons. The molecule has 3 aromatic rings. The Hall–Kier alpha value is -2.89. The van der Waals surface area contributed by atoms with Gasteiger partial charge in [-0.2, -0.15) is 0 Å². The van der Waals surface area contributed by atoms with Crippen LogP contribution in [0, 0.1) is 6.92 Å². The van der Waals surface area contributed by atoms with Gasteiger partial charge in [0, 0.05) is 23.1 Å². The molecule has 0 aliphatic rings. The van der Waals surface area contributed by atoms with Crippen LogP contribution < -0.4 is 10.6 Å².